The zero-order chi connectivity index (χ0) is 61.2. The summed E-state index contributed by atoms with van der Waals surface area (Å²) >= 11 is 0. The molecule has 0 aliphatic carbocycles. The van der Waals surface area contributed by atoms with Crippen LogP contribution in [0.2, 0.25) is 0 Å². The number of phosphoric acid groups is 1. The van der Waals surface area contributed by atoms with E-state index in [1.54, 1.807) is 0 Å². The van der Waals surface area contributed by atoms with Crippen molar-refractivity contribution in [3.8, 4) is 0 Å². The molecule has 0 bridgehead atoms. The molecule has 3 unspecified atom stereocenters. The number of aliphatic hydroxyl groups excluding tert-OH is 1. The van der Waals surface area contributed by atoms with Crippen LogP contribution >= 0.6 is 7.82 Å². The van der Waals surface area contributed by atoms with Crippen molar-refractivity contribution in [1.29, 1.82) is 0 Å². The van der Waals surface area contributed by atoms with E-state index in [1.807, 2.05) is 21.1 Å². The number of hydrogen-bond acceptors (Lipinski definition) is 5. The lowest BCUT2D eigenvalue weighted by molar-refractivity contribution is -0.870. The molecule has 0 aliphatic rings. The highest BCUT2D eigenvalue weighted by Crippen LogP contribution is 2.43. The molecule has 0 aromatic heterocycles. The first-order valence-corrected chi connectivity index (χ1v) is 38.8. The van der Waals surface area contributed by atoms with E-state index >= 15 is 0 Å². The lowest BCUT2D eigenvalue weighted by atomic mass is 10.0. The first-order valence-electron chi connectivity index (χ1n) is 37.4. The number of quaternary nitrogens is 1. The number of allylic oxidation sites excluding steroid dienone is 6. The third-order valence-electron chi connectivity index (χ3n) is 17.4. The Labute approximate surface area is 525 Å². The molecule has 3 atom stereocenters. The van der Waals surface area contributed by atoms with Gasteiger partial charge in [0.2, 0.25) is 5.91 Å². The number of nitrogens with one attached hydrogen (secondary N) is 1. The third-order valence-corrected chi connectivity index (χ3v) is 18.4. The summed E-state index contributed by atoms with van der Waals surface area (Å²) in [5, 5.41) is 14.2. The molecule has 498 valence electrons. The summed E-state index contributed by atoms with van der Waals surface area (Å²) in [6, 6.07) is -0.761. The van der Waals surface area contributed by atoms with Gasteiger partial charge < -0.3 is 19.8 Å². The number of aliphatic hydroxyl groups is 1. The van der Waals surface area contributed by atoms with E-state index in [-0.39, 0.29) is 19.1 Å². The maximum absolute atomic E-state index is 13.1. The molecule has 0 radical (unpaired) electrons. The van der Waals surface area contributed by atoms with Gasteiger partial charge in [-0.3, -0.25) is 13.8 Å². The number of hydrogen-bond donors (Lipinski definition) is 3. The predicted octanol–water partition coefficient (Wildman–Crippen LogP) is 24.0. The molecular formula is C75H148N2O6P+. The molecule has 84 heavy (non-hydrogen) atoms. The van der Waals surface area contributed by atoms with Crippen molar-refractivity contribution in [3.05, 3.63) is 36.5 Å². The van der Waals surface area contributed by atoms with Gasteiger partial charge in [-0.05, 0) is 51.4 Å². The summed E-state index contributed by atoms with van der Waals surface area (Å²) in [6.07, 6.45) is 88.4. The zero-order valence-electron chi connectivity index (χ0n) is 57.2. The second-order valence-corrected chi connectivity index (χ2v) is 28.5. The van der Waals surface area contributed by atoms with Crippen molar-refractivity contribution >= 4 is 13.7 Å². The predicted molar refractivity (Wildman–Crippen MR) is 369 cm³/mol. The molecule has 9 heteroatoms. The Morgan fingerprint density at radius 3 is 0.988 bits per heavy atom. The molecule has 0 heterocycles. The van der Waals surface area contributed by atoms with Crippen LogP contribution in [0.3, 0.4) is 0 Å². The fourth-order valence-corrected chi connectivity index (χ4v) is 12.3. The van der Waals surface area contributed by atoms with Crippen molar-refractivity contribution in [2.75, 3.05) is 40.9 Å². The van der Waals surface area contributed by atoms with Crippen LogP contribution in [-0.2, 0) is 18.4 Å². The SMILES string of the molecule is CCCCCCC/C=C\C/C=C\C/C=C\CCCCCCCCCCCCCCCCCCCCC(=O)NC(COP(=O)(O)OCC[N+](C)(C)C)C(O)CCCCCCCCCCCCCCCCCCCCCCCCCCCCCCC. The van der Waals surface area contributed by atoms with Crippen molar-refractivity contribution in [2.24, 2.45) is 0 Å². The minimum absolute atomic E-state index is 0.0767. The summed E-state index contributed by atoms with van der Waals surface area (Å²) in [4.78, 5) is 23.5. The second-order valence-electron chi connectivity index (χ2n) is 27.0. The lowest BCUT2D eigenvalue weighted by Gasteiger charge is -2.26. The molecular weight excluding hydrogens is 1060 g/mol. The van der Waals surface area contributed by atoms with Gasteiger partial charge in [0, 0.05) is 6.42 Å². The molecule has 0 aromatic rings. The third kappa shape index (κ3) is 68.2. The Hall–Kier alpha value is -1.28. The molecule has 0 aliphatic heterocycles. The Morgan fingerprint density at radius 1 is 0.405 bits per heavy atom. The van der Waals surface area contributed by atoms with Crippen LogP contribution in [0.25, 0.3) is 0 Å². The summed E-state index contributed by atoms with van der Waals surface area (Å²) in [5.74, 6) is -0.137. The molecule has 0 saturated heterocycles. The monoisotopic (exact) mass is 1200 g/mol. The number of carbonyl (C=O) groups is 1. The Balaban J connectivity index is 3.97. The van der Waals surface area contributed by atoms with E-state index in [0.717, 1.165) is 51.4 Å². The number of unbranched alkanes of at least 4 members (excludes halogenated alkanes) is 51. The average Bonchev–Trinajstić information content (AvgIpc) is 3.56. The highest BCUT2D eigenvalue weighted by molar-refractivity contribution is 7.47. The standard InChI is InChI=1S/C75H147N2O6P/c1-6-8-10-12-14-16-18-20-22-24-26-28-30-32-34-36-37-38-39-41-43-45-47-49-51-53-55-57-59-61-63-65-67-69-75(79)76-73(72-83-84(80,81)82-71-70-77(3,4)5)74(78)68-66-64-62-60-58-56-54-52-50-48-46-44-42-40-35-33-31-29-27-25-23-21-19-17-15-13-11-9-7-2/h18,20,24,26,30,32,73-74,78H,6-17,19,21-23,25,27-29,31,33-72H2,1-5H3,(H-,76,79,80,81)/p+1/b20-18-,26-24-,32-30-. The van der Waals surface area contributed by atoms with Gasteiger partial charge in [-0.15, -0.1) is 0 Å². The maximum atomic E-state index is 13.1. The molecule has 8 nitrogen and oxygen atoms in total. The van der Waals surface area contributed by atoms with Crippen LogP contribution in [0.4, 0.5) is 0 Å². The van der Waals surface area contributed by atoms with Gasteiger partial charge in [-0.1, -0.05) is 365 Å². The van der Waals surface area contributed by atoms with E-state index in [4.69, 9.17) is 9.05 Å². The molecule has 0 aromatic carbocycles. The first-order chi connectivity index (χ1) is 41.0. The van der Waals surface area contributed by atoms with Crippen molar-refractivity contribution in [1.82, 2.24) is 5.32 Å². The normalized spacial score (nSPS) is 13.8. The Morgan fingerprint density at radius 2 is 0.679 bits per heavy atom. The number of phosphoric ester groups is 1. The Bertz CT molecular complexity index is 1460. The van der Waals surface area contributed by atoms with E-state index in [2.05, 4.69) is 55.6 Å². The maximum Gasteiger partial charge on any atom is 0.472 e. The molecule has 0 spiro atoms. The van der Waals surface area contributed by atoms with Gasteiger partial charge in [-0.2, -0.15) is 0 Å². The molecule has 0 rings (SSSR count). The minimum atomic E-state index is -4.33. The first kappa shape index (κ1) is 82.7. The van der Waals surface area contributed by atoms with Gasteiger partial charge in [0.25, 0.3) is 0 Å². The second kappa shape index (κ2) is 66.1. The van der Waals surface area contributed by atoms with Gasteiger partial charge in [0.15, 0.2) is 0 Å². The highest BCUT2D eigenvalue weighted by Gasteiger charge is 2.28. The van der Waals surface area contributed by atoms with E-state index in [0.29, 0.717) is 23.9 Å². The van der Waals surface area contributed by atoms with Gasteiger partial charge in [0.05, 0.1) is 39.9 Å². The summed E-state index contributed by atoms with van der Waals surface area (Å²) in [7, 11) is 1.63. The average molecular weight is 1200 g/mol. The highest BCUT2D eigenvalue weighted by atomic mass is 31.2. The minimum Gasteiger partial charge on any atom is -0.391 e. The molecule has 3 N–H and O–H groups in total. The topological polar surface area (TPSA) is 105 Å². The quantitative estimate of drug-likeness (QED) is 0.0243. The summed E-state index contributed by atoms with van der Waals surface area (Å²) < 4.78 is 23.9. The van der Waals surface area contributed by atoms with E-state index in [9.17, 15) is 19.4 Å². The van der Waals surface area contributed by atoms with Crippen molar-refractivity contribution in [3.63, 3.8) is 0 Å². The van der Waals surface area contributed by atoms with Crippen LogP contribution in [0.1, 0.15) is 386 Å². The summed E-state index contributed by atoms with van der Waals surface area (Å²) in [5.41, 5.74) is 0. The van der Waals surface area contributed by atoms with Crippen LogP contribution < -0.4 is 5.32 Å². The van der Waals surface area contributed by atoms with Crippen LogP contribution in [0.15, 0.2) is 36.5 Å². The molecule has 0 fully saturated rings. The fourth-order valence-electron chi connectivity index (χ4n) is 11.6. The molecule has 0 saturated carbocycles. The largest absolute Gasteiger partial charge is 0.472 e. The van der Waals surface area contributed by atoms with Gasteiger partial charge in [0.1, 0.15) is 13.2 Å². The summed E-state index contributed by atoms with van der Waals surface area (Å²) in [6.45, 7) is 4.94. The van der Waals surface area contributed by atoms with E-state index in [1.165, 1.54) is 308 Å². The molecule has 1 amide bonds. The van der Waals surface area contributed by atoms with Crippen LogP contribution in [0, 0.1) is 0 Å². The van der Waals surface area contributed by atoms with Crippen molar-refractivity contribution in [2.45, 2.75) is 398 Å². The number of rotatable bonds is 70. The van der Waals surface area contributed by atoms with Crippen LogP contribution in [-0.4, -0.2) is 73.4 Å². The number of amides is 1. The fraction of sp³-hybridized carbons (Fsp3) is 0.907. The van der Waals surface area contributed by atoms with Crippen molar-refractivity contribution < 1.29 is 32.9 Å². The van der Waals surface area contributed by atoms with Crippen LogP contribution in [0.5, 0.6) is 0 Å². The zero-order valence-corrected chi connectivity index (χ0v) is 58.1. The van der Waals surface area contributed by atoms with E-state index < -0.39 is 20.0 Å². The lowest BCUT2D eigenvalue weighted by Crippen LogP contribution is -2.46. The number of carbonyl (C=O) groups excluding carboxylic acids is 1. The number of likely N-dealkylation sites (N-methyl/N-ethyl adjacent to an activating group) is 1. The van der Waals surface area contributed by atoms with Gasteiger partial charge in [-0.25, -0.2) is 4.57 Å². The number of nitrogens with zero attached hydrogens (tertiary/aromatic N) is 1. The smallest absolute Gasteiger partial charge is 0.391 e. The van der Waals surface area contributed by atoms with Gasteiger partial charge >= 0.3 is 7.82 Å². The Kier molecular flexibility index (Phi) is 65.1.